The van der Waals surface area contributed by atoms with Gasteiger partial charge in [0, 0.05) is 6.07 Å². The number of hydrogen-bond acceptors (Lipinski definition) is 5. The third-order valence-corrected chi connectivity index (χ3v) is 4.76. The van der Waals surface area contributed by atoms with E-state index < -0.39 is 0 Å². The van der Waals surface area contributed by atoms with Crippen molar-refractivity contribution in [3.8, 4) is 5.75 Å². The number of rotatable bonds is 3. The van der Waals surface area contributed by atoms with Crippen LogP contribution in [0, 0.1) is 0 Å². The van der Waals surface area contributed by atoms with Gasteiger partial charge >= 0.3 is 0 Å². The number of ether oxygens (including phenoxy) is 1. The standard InChI is InChI=1S/C18H13N3O3S/c1-24-14-9-5-3-7-12(14)19-17(23)15-10-16(22)21-13-8-4-2-6-11(13)20-18(21)25-15/h2-10H,1H3,(H,19,23). The molecule has 25 heavy (non-hydrogen) atoms. The van der Waals surface area contributed by atoms with Crippen LogP contribution < -0.4 is 15.6 Å². The first kappa shape index (κ1) is 15.3. The number of anilines is 1. The second-order valence-corrected chi connectivity index (χ2v) is 6.33. The largest absolute Gasteiger partial charge is 0.495 e. The fraction of sp³-hybridized carbons (Fsp3) is 0.0556. The number of amides is 1. The topological polar surface area (TPSA) is 72.7 Å². The van der Waals surface area contributed by atoms with Crippen LogP contribution in [0.15, 0.2) is 59.4 Å². The van der Waals surface area contributed by atoms with Crippen LogP contribution in [-0.2, 0) is 0 Å². The summed E-state index contributed by atoms with van der Waals surface area (Å²) in [7, 11) is 1.53. The summed E-state index contributed by atoms with van der Waals surface area (Å²) in [6, 6.07) is 15.8. The average molecular weight is 351 g/mol. The molecule has 2 aromatic carbocycles. The summed E-state index contributed by atoms with van der Waals surface area (Å²) in [5.41, 5.74) is 1.71. The van der Waals surface area contributed by atoms with Crippen LogP contribution in [0.25, 0.3) is 16.0 Å². The molecule has 0 spiro atoms. The van der Waals surface area contributed by atoms with E-state index in [-0.39, 0.29) is 11.5 Å². The van der Waals surface area contributed by atoms with Crippen LogP contribution in [0.1, 0.15) is 9.67 Å². The Labute approximate surface area is 146 Å². The number of aromatic nitrogens is 2. The number of benzene rings is 2. The van der Waals surface area contributed by atoms with E-state index in [1.54, 1.807) is 18.2 Å². The van der Waals surface area contributed by atoms with Gasteiger partial charge in [-0.2, -0.15) is 0 Å². The zero-order valence-corrected chi connectivity index (χ0v) is 14.0. The molecule has 0 saturated carbocycles. The molecule has 4 aromatic rings. The number of nitrogens with one attached hydrogen (secondary N) is 1. The Hall–Kier alpha value is -3.19. The van der Waals surface area contributed by atoms with Crippen molar-refractivity contribution in [3.05, 3.63) is 69.8 Å². The molecule has 0 aliphatic carbocycles. The lowest BCUT2D eigenvalue weighted by atomic mass is 10.3. The van der Waals surface area contributed by atoms with Crippen molar-refractivity contribution in [1.29, 1.82) is 0 Å². The Bertz CT molecular complexity index is 1160. The van der Waals surface area contributed by atoms with Gasteiger partial charge in [-0.1, -0.05) is 35.6 Å². The van der Waals surface area contributed by atoms with E-state index in [1.165, 1.54) is 28.9 Å². The number of para-hydroxylation sites is 4. The predicted molar refractivity (Wildman–Crippen MR) is 97.8 cm³/mol. The SMILES string of the molecule is COc1ccccc1NC(=O)c1cc(=O)n2c(nc3ccccc32)s1. The molecule has 2 heterocycles. The first-order chi connectivity index (χ1) is 12.2. The summed E-state index contributed by atoms with van der Waals surface area (Å²) < 4.78 is 6.74. The number of nitrogens with zero attached hydrogens (tertiary/aromatic N) is 2. The zero-order chi connectivity index (χ0) is 17.4. The molecule has 0 aliphatic rings. The molecule has 124 valence electrons. The normalized spacial score (nSPS) is 10.9. The molecule has 0 fully saturated rings. The first-order valence-corrected chi connectivity index (χ1v) is 8.35. The molecule has 0 unspecified atom stereocenters. The molecule has 6 nitrogen and oxygen atoms in total. The van der Waals surface area contributed by atoms with E-state index in [0.29, 0.717) is 21.3 Å². The van der Waals surface area contributed by atoms with Gasteiger partial charge in [-0.25, -0.2) is 4.98 Å². The number of fused-ring (bicyclic) bond motifs is 3. The third kappa shape index (κ3) is 2.64. The van der Waals surface area contributed by atoms with E-state index in [2.05, 4.69) is 10.3 Å². The number of hydrogen-bond donors (Lipinski definition) is 1. The summed E-state index contributed by atoms with van der Waals surface area (Å²) in [4.78, 5) is 30.3. The monoisotopic (exact) mass is 351 g/mol. The van der Waals surface area contributed by atoms with Crippen LogP contribution in [-0.4, -0.2) is 22.4 Å². The molecule has 0 saturated heterocycles. The minimum absolute atomic E-state index is 0.285. The molecule has 0 atom stereocenters. The Morgan fingerprint density at radius 2 is 1.92 bits per heavy atom. The van der Waals surface area contributed by atoms with Gasteiger partial charge in [-0.15, -0.1) is 0 Å². The van der Waals surface area contributed by atoms with Crippen LogP contribution in [0.2, 0.25) is 0 Å². The summed E-state index contributed by atoms with van der Waals surface area (Å²) in [5, 5.41) is 2.77. The maximum Gasteiger partial charge on any atom is 0.266 e. The Balaban J connectivity index is 1.77. The van der Waals surface area contributed by atoms with Crippen molar-refractivity contribution in [2.75, 3.05) is 12.4 Å². The highest BCUT2D eigenvalue weighted by Gasteiger charge is 2.15. The van der Waals surface area contributed by atoms with Gasteiger partial charge in [0.2, 0.25) is 0 Å². The highest BCUT2D eigenvalue weighted by molar-refractivity contribution is 7.18. The van der Waals surface area contributed by atoms with E-state index in [4.69, 9.17) is 4.74 Å². The van der Waals surface area contributed by atoms with Gasteiger partial charge in [0.25, 0.3) is 11.5 Å². The molecular weight excluding hydrogens is 338 g/mol. The summed E-state index contributed by atoms with van der Waals surface area (Å²) >= 11 is 1.17. The van der Waals surface area contributed by atoms with Gasteiger partial charge in [0.1, 0.15) is 10.6 Å². The van der Waals surface area contributed by atoms with Crippen molar-refractivity contribution in [1.82, 2.24) is 9.38 Å². The Kier molecular flexibility index (Phi) is 3.70. The van der Waals surface area contributed by atoms with E-state index in [0.717, 1.165) is 11.0 Å². The average Bonchev–Trinajstić information content (AvgIpc) is 3.01. The summed E-state index contributed by atoms with van der Waals surface area (Å²) in [6.07, 6.45) is 0. The predicted octanol–water partition coefficient (Wildman–Crippen LogP) is 3.17. The lowest BCUT2D eigenvalue weighted by Crippen LogP contribution is -2.17. The molecule has 1 amide bonds. The van der Waals surface area contributed by atoms with Gasteiger partial charge in [0.05, 0.1) is 23.8 Å². The van der Waals surface area contributed by atoms with Gasteiger partial charge in [-0.3, -0.25) is 14.0 Å². The first-order valence-electron chi connectivity index (χ1n) is 7.53. The Morgan fingerprint density at radius 3 is 2.76 bits per heavy atom. The molecule has 2 aromatic heterocycles. The number of methoxy groups -OCH3 is 1. The van der Waals surface area contributed by atoms with Crippen molar-refractivity contribution >= 4 is 38.9 Å². The van der Waals surface area contributed by atoms with E-state index >= 15 is 0 Å². The van der Waals surface area contributed by atoms with Crippen molar-refractivity contribution in [3.63, 3.8) is 0 Å². The van der Waals surface area contributed by atoms with E-state index in [9.17, 15) is 9.59 Å². The highest BCUT2D eigenvalue weighted by atomic mass is 32.1. The number of imidazole rings is 1. The lowest BCUT2D eigenvalue weighted by Gasteiger charge is -2.09. The second kappa shape index (κ2) is 6.03. The van der Waals surface area contributed by atoms with Crippen LogP contribution in [0.5, 0.6) is 5.75 Å². The smallest absolute Gasteiger partial charge is 0.266 e. The van der Waals surface area contributed by atoms with Crippen LogP contribution in [0.3, 0.4) is 0 Å². The van der Waals surface area contributed by atoms with Gasteiger partial charge in [0.15, 0.2) is 4.96 Å². The minimum atomic E-state index is -0.374. The molecule has 0 radical (unpaired) electrons. The summed E-state index contributed by atoms with van der Waals surface area (Å²) in [6.45, 7) is 0. The third-order valence-electron chi connectivity index (χ3n) is 3.79. The van der Waals surface area contributed by atoms with Crippen molar-refractivity contribution < 1.29 is 9.53 Å². The van der Waals surface area contributed by atoms with Gasteiger partial charge in [-0.05, 0) is 24.3 Å². The minimum Gasteiger partial charge on any atom is -0.495 e. The quantitative estimate of drug-likeness (QED) is 0.615. The molecule has 7 heteroatoms. The van der Waals surface area contributed by atoms with Crippen LogP contribution in [0.4, 0.5) is 5.69 Å². The molecule has 4 rings (SSSR count). The van der Waals surface area contributed by atoms with E-state index in [1.807, 2.05) is 30.3 Å². The molecule has 1 N–H and O–H groups in total. The number of carbonyl (C=O) groups excluding carboxylic acids is 1. The molecular formula is C18H13N3O3S. The molecule has 0 bridgehead atoms. The maximum absolute atomic E-state index is 12.6. The Morgan fingerprint density at radius 1 is 1.16 bits per heavy atom. The fourth-order valence-corrected chi connectivity index (χ4v) is 3.56. The zero-order valence-electron chi connectivity index (χ0n) is 13.2. The van der Waals surface area contributed by atoms with Crippen molar-refractivity contribution in [2.45, 2.75) is 0 Å². The highest BCUT2D eigenvalue weighted by Crippen LogP contribution is 2.25. The van der Waals surface area contributed by atoms with Crippen molar-refractivity contribution in [2.24, 2.45) is 0 Å². The van der Waals surface area contributed by atoms with Crippen LogP contribution >= 0.6 is 11.3 Å². The maximum atomic E-state index is 12.6. The lowest BCUT2D eigenvalue weighted by molar-refractivity contribution is 0.103. The summed E-state index contributed by atoms with van der Waals surface area (Å²) in [5.74, 6) is 0.178. The fourth-order valence-electron chi connectivity index (χ4n) is 2.63. The van der Waals surface area contributed by atoms with Gasteiger partial charge < -0.3 is 10.1 Å². The molecule has 0 aliphatic heterocycles. The second-order valence-electron chi connectivity index (χ2n) is 5.32. The number of carbonyl (C=O) groups is 1.